The lowest BCUT2D eigenvalue weighted by atomic mass is 10.0. The van der Waals surface area contributed by atoms with E-state index < -0.39 is 6.10 Å². The summed E-state index contributed by atoms with van der Waals surface area (Å²) in [6.07, 6.45) is 111. The van der Waals surface area contributed by atoms with Crippen molar-refractivity contribution in [2.75, 3.05) is 13.2 Å². The molecule has 458 valence electrons. The Bertz CT molecular complexity index is 1900. The van der Waals surface area contributed by atoms with Crippen molar-refractivity contribution in [3.05, 3.63) is 194 Å². The summed E-state index contributed by atoms with van der Waals surface area (Å²) in [7, 11) is 0. The minimum atomic E-state index is -0.796. The smallest absolute Gasteiger partial charge is 0.306 e. The van der Waals surface area contributed by atoms with E-state index in [1.807, 2.05) is 0 Å². The second-order valence-electron chi connectivity index (χ2n) is 21.1. The van der Waals surface area contributed by atoms with Crippen LogP contribution in [0.15, 0.2) is 194 Å². The average Bonchev–Trinajstić information content (AvgIpc) is 3.49. The number of esters is 2. The molecule has 1 unspecified atom stereocenters. The fourth-order valence-electron chi connectivity index (χ4n) is 8.53. The monoisotopic (exact) mass is 1120 g/mol. The maximum atomic E-state index is 12.4. The summed E-state index contributed by atoms with van der Waals surface area (Å²) in [5, 5.41) is 9.69. The Morgan fingerprint density at radius 3 is 0.732 bits per heavy atom. The molecular weight excluding hydrogens is 1000 g/mol. The summed E-state index contributed by atoms with van der Waals surface area (Å²) < 4.78 is 10.7. The van der Waals surface area contributed by atoms with Gasteiger partial charge in [0.25, 0.3) is 0 Å². The first-order valence-corrected chi connectivity index (χ1v) is 33.0. The number of allylic oxidation sites excluding steroid dienone is 32. The van der Waals surface area contributed by atoms with Gasteiger partial charge in [-0.25, -0.2) is 0 Å². The number of aliphatic hydroxyl groups excluding tert-OH is 1. The molecule has 0 fully saturated rings. The summed E-state index contributed by atoms with van der Waals surface area (Å²) in [5.41, 5.74) is 0. The van der Waals surface area contributed by atoms with Crippen LogP contribution >= 0.6 is 0 Å². The number of rotatable bonds is 58. The zero-order valence-corrected chi connectivity index (χ0v) is 52.4. The number of ether oxygens (including phenoxy) is 2. The Morgan fingerprint density at radius 1 is 0.280 bits per heavy atom. The van der Waals surface area contributed by atoms with Gasteiger partial charge in [0.2, 0.25) is 0 Å². The molecule has 82 heavy (non-hydrogen) atoms. The largest absolute Gasteiger partial charge is 0.462 e. The van der Waals surface area contributed by atoms with Gasteiger partial charge in [0.15, 0.2) is 6.10 Å². The summed E-state index contributed by atoms with van der Waals surface area (Å²) in [6.45, 7) is 3.89. The van der Waals surface area contributed by atoms with E-state index in [4.69, 9.17) is 9.47 Å². The van der Waals surface area contributed by atoms with Gasteiger partial charge in [-0.05, 0) is 141 Å². The Balaban J connectivity index is 3.60. The third kappa shape index (κ3) is 67.2. The third-order valence-electron chi connectivity index (χ3n) is 13.4. The Kier molecular flexibility index (Phi) is 65.5. The first-order valence-electron chi connectivity index (χ1n) is 33.0. The van der Waals surface area contributed by atoms with Gasteiger partial charge in [0, 0.05) is 12.8 Å². The van der Waals surface area contributed by atoms with Gasteiger partial charge in [-0.2, -0.15) is 0 Å². The van der Waals surface area contributed by atoms with Crippen molar-refractivity contribution in [2.45, 2.75) is 264 Å². The van der Waals surface area contributed by atoms with Gasteiger partial charge in [0.1, 0.15) is 6.61 Å². The van der Waals surface area contributed by atoms with E-state index in [2.05, 4.69) is 208 Å². The zero-order valence-electron chi connectivity index (χ0n) is 52.4. The molecule has 0 aromatic heterocycles. The molecule has 0 aromatic carbocycles. The van der Waals surface area contributed by atoms with E-state index in [0.29, 0.717) is 12.8 Å². The van der Waals surface area contributed by atoms with Crippen LogP contribution in [0.2, 0.25) is 0 Å². The van der Waals surface area contributed by atoms with E-state index in [1.165, 1.54) is 83.5 Å². The summed E-state index contributed by atoms with van der Waals surface area (Å²) in [6, 6.07) is 0. The van der Waals surface area contributed by atoms with Crippen LogP contribution in [-0.2, 0) is 19.1 Å². The second kappa shape index (κ2) is 70.0. The lowest BCUT2D eigenvalue weighted by Crippen LogP contribution is -2.28. The molecule has 0 bridgehead atoms. The molecule has 0 aliphatic rings. The van der Waals surface area contributed by atoms with Crippen molar-refractivity contribution >= 4 is 11.9 Å². The number of carbonyl (C=O) groups is 2. The van der Waals surface area contributed by atoms with Crippen molar-refractivity contribution < 1.29 is 24.2 Å². The molecule has 0 radical (unpaired) electrons. The predicted octanol–water partition coefficient (Wildman–Crippen LogP) is 23.2. The highest BCUT2D eigenvalue weighted by Crippen LogP contribution is 2.15. The molecule has 5 nitrogen and oxygen atoms in total. The normalized spacial score (nSPS) is 13.5. The molecule has 1 atom stereocenters. The van der Waals surface area contributed by atoms with Crippen molar-refractivity contribution in [1.29, 1.82) is 0 Å². The molecule has 0 amide bonds. The van der Waals surface area contributed by atoms with Crippen LogP contribution in [0.1, 0.15) is 258 Å². The molecule has 0 saturated heterocycles. The number of unbranched alkanes of at least 4 members (excludes halogenated alkanes) is 18. The molecule has 0 spiro atoms. The van der Waals surface area contributed by atoms with Gasteiger partial charge < -0.3 is 14.6 Å². The van der Waals surface area contributed by atoms with Crippen LogP contribution in [0.5, 0.6) is 0 Å². The topological polar surface area (TPSA) is 72.8 Å². The fraction of sp³-hybridized carbons (Fsp3) is 0.558. The highest BCUT2D eigenvalue weighted by atomic mass is 16.6. The summed E-state index contributed by atoms with van der Waals surface area (Å²) >= 11 is 0. The highest BCUT2D eigenvalue weighted by Gasteiger charge is 2.16. The molecule has 0 aliphatic heterocycles. The number of hydrogen-bond donors (Lipinski definition) is 1. The lowest BCUT2D eigenvalue weighted by molar-refractivity contribution is -0.161. The fourth-order valence-corrected chi connectivity index (χ4v) is 8.53. The van der Waals surface area contributed by atoms with Crippen LogP contribution in [0, 0.1) is 0 Å². The first kappa shape index (κ1) is 76.7. The molecule has 5 heteroatoms. The minimum Gasteiger partial charge on any atom is -0.462 e. The zero-order chi connectivity index (χ0) is 59.1. The van der Waals surface area contributed by atoms with E-state index in [9.17, 15) is 14.7 Å². The quantitative estimate of drug-likeness (QED) is 0.0373. The molecule has 0 rings (SSSR count). The van der Waals surface area contributed by atoms with E-state index in [0.717, 1.165) is 148 Å². The van der Waals surface area contributed by atoms with Crippen LogP contribution in [0.25, 0.3) is 0 Å². The third-order valence-corrected chi connectivity index (χ3v) is 13.4. The Labute approximate surface area is 505 Å². The minimum absolute atomic E-state index is 0.0864. The maximum Gasteiger partial charge on any atom is 0.306 e. The predicted molar refractivity (Wildman–Crippen MR) is 361 cm³/mol. The van der Waals surface area contributed by atoms with E-state index in [1.54, 1.807) is 0 Å². The van der Waals surface area contributed by atoms with E-state index >= 15 is 0 Å². The van der Waals surface area contributed by atoms with Crippen LogP contribution in [0.4, 0.5) is 0 Å². The lowest BCUT2D eigenvalue weighted by Gasteiger charge is -2.15. The molecular formula is C77H120O5. The van der Waals surface area contributed by atoms with Crippen molar-refractivity contribution in [3.63, 3.8) is 0 Å². The first-order chi connectivity index (χ1) is 40.6. The Morgan fingerprint density at radius 2 is 0.488 bits per heavy atom. The van der Waals surface area contributed by atoms with Crippen LogP contribution < -0.4 is 0 Å². The van der Waals surface area contributed by atoms with Gasteiger partial charge in [-0.1, -0.05) is 298 Å². The highest BCUT2D eigenvalue weighted by molar-refractivity contribution is 5.70. The molecule has 1 N–H and O–H groups in total. The van der Waals surface area contributed by atoms with Gasteiger partial charge in [-0.3, -0.25) is 9.59 Å². The van der Waals surface area contributed by atoms with Crippen LogP contribution in [-0.4, -0.2) is 36.4 Å². The summed E-state index contributed by atoms with van der Waals surface area (Å²) in [5.74, 6) is -0.621. The molecule has 0 heterocycles. The van der Waals surface area contributed by atoms with Crippen molar-refractivity contribution in [3.8, 4) is 0 Å². The van der Waals surface area contributed by atoms with E-state index in [-0.39, 0.29) is 25.2 Å². The van der Waals surface area contributed by atoms with Gasteiger partial charge in [-0.15, -0.1) is 0 Å². The number of hydrogen-bond acceptors (Lipinski definition) is 5. The van der Waals surface area contributed by atoms with Gasteiger partial charge >= 0.3 is 11.9 Å². The maximum absolute atomic E-state index is 12.4. The SMILES string of the molecule is CC/C=C\C/C=C\C/C=C\C/C=C\C/C=C\C/C=C\C/C=C\C/C=C\CCCCCCCCCCCCCCC(=O)OC(CO)COC(=O)CCCCCCCC/C=C\C/C=C\C/C=C\C/C=C\C/C=C\C/C=C\C/C=C\C/C=C\CC. The van der Waals surface area contributed by atoms with Crippen LogP contribution in [0.3, 0.4) is 0 Å². The molecule has 0 aromatic rings. The average molecular weight is 1130 g/mol. The Hall–Kier alpha value is -5.26. The molecule has 0 aliphatic carbocycles. The summed E-state index contributed by atoms with van der Waals surface area (Å²) in [4.78, 5) is 24.6. The number of aliphatic hydroxyl groups is 1. The second-order valence-corrected chi connectivity index (χ2v) is 21.1. The van der Waals surface area contributed by atoms with Crippen molar-refractivity contribution in [2.24, 2.45) is 0 Å². The molecule has 0 saturated carbocycles. The standard InChI is InChI=1S/C77H120O5/c1-3-5-7-9-11-13-15-17-19-21-23-25-27-29-31-33-35-36-37-38-39-40-42-44-46-48-50-52-54-56-58-60-62-64-66-68-70-72-77(80)82-75(73-78)74-81-76(79)71-69-67-65-63-61-59-57-55-53-51-49-47-45-43-41-34-32-30-28-26-24-22-20-18-16-14-12-10-8-6-4-2/h5-8,11-14,17-20,23-26,29-32,35-36,38-39,41-44,47,49,53,55,75,78H,3-4,9-10,15-16,21-22,27-28,33-34,37,40,45-46,48,50-52,54,56-74H2,1-2H3/b7-5-,8-6-,13-11-,14-12-,19-17-,20-18-,25-23-,26-24-,31-29-,32-30-,36-35-,39-38-,43-41-,44-42-,49-47-,55-53-. The number of carbonyl (C=O) groups excluding carboxylic acids is 2. The van der Waals surface area contributed by atoms with Crippen molar-refractivity contribution in [1.82, 2.24) is 0 Å². The van der Waals surface area contributed by atoms with Gasteiger partial charge in [0.05, 0.1) is 6.61 Å².